The summed E-state index contributed by atoms with van der Waals surface area (Å²) in [6, 6.07) is 7.05. The van der Waals surface area contributed by atoms with Crippen molar-refractivity contribution in [3.05, 3.63) is 47.5 Å². The second-order valence-electron chi connectivity index (χ2n) is 8.10. The van der Waals surface area contributed by atoms with Crippen molar-refractivity contribution in [3.8, 4) is 0 Å². The van der Waals surface area contributed by atoms with E-state index in [-0.39, 0.29) is 29.5 Å². The lowest BCUT2D eigenvalue weighted by Gasteiger charge is -2.38. The van der Waals surface area contributed by atoms with E-state index >= 15 is 0 Å². The molecule has 1 saturated heterocycles. The summed E-state index contributed by atoms with van der Waals surface area (Å²) < 4.78 is 15.2. The van der Waals surface area contributed by atoms with Gasteiger partial charge in [0.1, 0.15) is 5.82 Å². The number of benzene rings is 1. The van der Waals surface area contributed by atoms with E-state index in [4.69, 9.17) is 0 Å². The van der Waals surface area contributed by atoms with Gasteiger partial charge in [0.05, 0.1) is 12.2 Å². The normalized spacial score (nSPS) is 19.3. The minimum atomic E-state index is -0.228. The van der Waals surface area contributed by atoms with Crippen molar-refractivity contribution in [2.75, 3.05) is 19.6 Å². The molecule has 8 heteroatoms. The molecule has 1 aliphatic heterocycles. The van der Waals surface area contributed by atoms with Crippen LogP contribution in [0.3, 0.4) is 0 Å². The van der Waals surface area contributed by atoms with Gasteiger partial charge in [-0.15, -0.1) is 17.5 Å². The van der Waals surface area contributed by atoms with Gasteiger partial charge >= 0.3 is 0 Å². The lowest BCUT2D eigenvalue weighted by molar-refractivity contribution is 0.0931. The second kappa shape index (κ2) is 9.67. The highest BCUT2D eigenvalue weighted by Crippen LogP contribution is 2.39. The molecule has 0 unspecified atom stereocenters. The third-order valence-electron chi connectivity index (χ3n) is 6.28. The summed E-state index contributed by atoms with van der Waals surface area (Å²) in [7, 11) is 0. The number of hydrogen-bond donors (Lipinski definition) is 2. The number of carbonyl (C=O) groups excluding carboxylic acids is 1. The third kappa shape index (κ3) is 4.95. The van der Waals surface area contributed by atoms with Crippen LogP contribution in [0.5, 0.6) is 0 Å². The Morgan fingerprint density at radius 3 is 2.55 bits per heavy atom. The third-order valence-corrected chi connectivity index (χ3v) is 6.28. The van der Waals surface area contributed by atoms with Crippen LogP contribution in [-0.4, -0.2) is 40.5 Å². The molecule has 0 radical (unpaired) electrons. The summed E-state index contributed by atoms with van der Waals surface area (Å²) in [6.07, 6.45) is 9.22. The molecule has 29 heavy (non-hydrogen) atoms. The van der Waals surface area contributed by atoms with Crippen LogP contribution in [0.1, 0.15) is 67.0 Å². The smallest absolute Gasteiger partial charge is 0.273 e. The molecule has 2 aliphatic rings. The molecule has 0 bridgehead atoms. The van der Waals surface area contributed by atoms with E-state index in [0.717, 1.165) is 57.2 Å². The van der Waals surface area contributed by atoms with Gasteiger partial charge in [-0.3, -0.25) is 4.79 Å². The van der Waals surface area contributed by atoms with Crippen LogP contribution in [0.2, 0.25) is 0 Å². The SMILES string of the molecule is Cl.O=C(NCC1(c2ccc(F)cc2)CCCCC1)c1cn(C2CCNCC2)nn1. The lowest BCUT2D eigenvalue weighted by atomic mass is 9.69. The molecule has 2 aromatic rings. The molecule has 1 amide bonds. The number of nitrogens with zero attached hydrogens (tertiary/aromatic N) is 3. The van der Waals surface area contributed by atoms with E-state index < -0.39 is 0 Å². The fraction of sp³-hybridized carbons (Fsp3) is 0.571. The van der Waals surface area contributed by atoms with Crippen LogP contribution >= 0.6 is 12.4 Å². The standard InChI is InChI=1S/C21H28FN5O.ClH/c22-17-6-4-16(5-7-17)21(10-2-1-3-11-21)15-24-20(28)19-14-27(26-25-19)18-8-12-23-13-9-18;/h4-7,14,18,23H,1-3,8-13,15H2,(H,24,28);1H. The predicted molar refractivity (Wildman–Crippen MR) is 112 cm³/mol. The maximum atomic E-state index is 13.4. The molecule has 2 N–H and O–H groups in total. The maximum Gasteiger partial charge on any atom is 0.273 e. The van der Waals surface area contributed by atoms with Gasteiger partial charge in [0.15, 0.2) is 5.69 Å². The lowest BCUT2D eigenvalue weighted by Crippen LogP contribution is -2.42. The van der Waals surface area contributed by atoms with Crippen molar-refractivity contribution < 1.29 is 9.18 Å². The Labute approximate surface area is 177 Å². The van der Waals surface area contributed by atoms with Gasteiger partial charge in [-0.05, 0) is 56.5 Å². The quantitative estimate of drug-likeness (QED) is 0.776. The molecule has 6 nitrogen and oxygen atoms in total. The Balaban J connectivity index is 0.00000240. The number of hydrogen-bond acceptors (Lipinski definition) is 4. The fourth-order valence-electron chi connectivity index (χ4n) is 4.57. The monoisotopic (exact) mass is 421 g/mol. The van der Waals surface area contributed by atoms with Crippen LogP contribution in [0.25, 0.3) is 0 Å². The second-order valence-corrected chi connectivity index (χ2v) is 8.10. The summed E-state index contributed by atoms with van der Waals surface area (Å²) in [4.78, 5) is 12.7. The summed E-state index contributed by atoms with van der Waals surface area (Å²) in [5, 5.41) is 14.7. The van der Waals surface area contributed by atoms with Crippen LogP contribution in [0.4, 0.5) is 4.39 Å². The van der Waals surface area contributed by atoms with E-state index in [1.807, 2.05) is 16.8 Å². The summed E-state index contributed by atoms with van der Waals surface area (Å²) in [5.74, 6) is -0.416. The molecular formula is C21H29ClFN5O. The Hall–Kier alpha value is -1.99. The maximum absolute atomic E-state index is 13.4. The minimum Gasteiger partial charge on any atom is -0.350 e. The van der Waals surface area contributed by atoms with Gasteiger partial charge < -0.3 is 10.6 Å². The van der Waals surface area contributed by atoms with E-state index in [0.29, 0.717) is 18.3 Å². The van der Waals surface area contributed by atoms with Crippen molar-refractivity contribution in [1.82, 2.24) is 25.6 Å². The average molecular weight is 422 g/mol. The Kier molecular flexibility index (Phi) is 7.24. The van der Waals surface area contributed by atoms with Crippen LogP contribution < -0.4 is 10.6 Å². The number of piperidine rings is 1. The van der Waals surface area contributed by atoms with Gasteiger partial charge in [-0.2, -0.15) is 0 Å². The molecule has 1 aromatic heterocycles. The molecule has 1 aliphatic carbocycles. The first-order valence-electron chi connectivity index (χ1n) is 10.3. The van der Waals surface area contributed by atoms with Gasteiger partial charge in [0.25, 0.3) is 5.91 Å². The number of aromatic nitrogens is 3. The van der Waals surface area contributed by atoms with Crippen molar-refractivity contribution in [1.29, 1.82) is 0 Å². The van der Waals surface area contributed by atoms with E-state index in [1.165, 1.54) is 18.6 Å². The molecule has 1 saturated carbocycles. The molecule has 0 atom stereocenters. The van der Waals surface area contributed by atoms with Gasteiger partial charge in [0.2, 0.25) is 0 Å². The van der Waals surface area contributed by atoms with Crippen molar-refractivity contribution >= 4 is 18.3 Å². The topological polar surface area (TPSA) is 71.8 Å². The van der Waals surface area contributed by atoms with Crippen molar-refractivity contribution in [2.45, 2.75) is 56.4 Å². The Bertz CT molecular complexity index is 798. The molecule has 0 spiro atoms. The molecule has 4 rings (SSSR count). The molecule has 2 heterocycles. The van der Waals surface area contributed by atoms with Crippen molar-refractivity contribution in [2.24, 2.45) is 0 Å². The number of carbonyl (C=O) groups is 1. The number of rotatable bonds is 5. The summed E-state index contributed by atoms with van der Waals surface area (Å²) in [5.41, 5.74) is 1.34. The first kappa shape index (κ1) is 21.7. The van der Waals surface area contributed by atoms with Crippen LogP contribution in [0.15, 0.2) is 30.5 Å². The first-order valence-corrected chi connectivity index (χ1v) is 10.3. The summed E-state index contributed by atoms with van der Waals surface area (Å²) in [6.45, 7) is 2.47. The minimum absolute atomic E-state index is 0. The van der Waals surface area contributed by atoms with E-state index in [2.05, 4.69) is 20.9 Å². The molecular weight excluding hydrogens is 393 g/mol. The van der Waals surface area contributed by atoms with E-state index in [9.17, 15) is 9.18 Å². The van der Waals surface area contributed by atoms with Gasteiger partial charge in [-0.1, -0.05) is 36.6 Å². The largest absolute Gasteiger partial charge is 0.350 e. The van der Waals surface area contributed by atoms with Gasteiger partial charge in [0, 0.05) is 12.0 Å². The number of amides is 1. The molecule has 1 aromatic carbocycles. The highest BCUT2D eigenvalue weighted by molar-refractivity contribution is 5.91. The average Bonchev–Trinajstić information content (AvgIpc) is 3.24. The number of halogens is 2. The van der Waals surface area contributed by atoms with Gasteiger partial charge in [-0.25, -0.2) is 9.07 Å². The number of nitrogens with one attached hydrogen (secondary N) is 2. The zero-order chi connectivity index (χ0) is 19.4. The van der Waals surface area contributed by atoms with Crippen molar-refractivity contribution in [3.63, 3.8) is 0 Å². The summed E-state index contributed by atoms with van der Waals surface area (Å²) >= 11 is 0. The Morgan fingerprint density at radius 1 is 1.17 bits per heavy atom. The van der Waals surface area contributed by atoms with Crippen LogP contribution in [-0.2, 0) is 5.41 Å². The zero-order valence-corrected chi connectivity index (χ0v) is 17.4. The highest BCUT2D eigenvalue weighted by atomic mass is 35.5. The highest BCUT2D eigenvalue weighted by Gasteiger charge is 2.34. The first-order chi connectivity index (χ1) is 13.7. The molecule has 158 valence electrons. The Morgan fingerprint density at radius 2 is 1.86 bits per heavy atom. The fourth-order valence-corrected chi connectivity index (χ4v) is 4.57. The predicted octanol–water partition coefficient (Wildman–Crippen LogP) is 3.40. The van der Waals surface area contributed by atoms with Crippen LogP contribution in [0, 0.1) is 5.82 Å². The van der Waals surface area contributed by atoms with E-state index in [1.54, 1.807) is 6.20 Å². The molecule has 2 fully saturated rings. The zero-order valence-electron chi connectivity index (χ0n) is 16.6.